The summed E-state index contributed by atoms with van der Waals surface area (Å²) < 4.78 is 11.0. The van der Waals surface area contributed by atoms with Crippen molar-refractivity contribution < 1.29 is 14.3 Å². The van der Waals surface area contributed by atoms with Crippen LogP contribution in [0.15, 0.2) is 42.6 Å². The zero-order valence-corrected chi connectivity index (χ0v) is 15.0. The van der Waals surface area contributed by atoms with Crippen molar-refractivity contribution in [2.75, 3.05) is 50.1 Å². The Hall–Kier alpha value is -2.35. The maximum Gasteiger partial charge on any atom is 0.323 e. The molecule has 3 rings (SSSR count). The number of carbonyl (C=O) groups is 1. The first-order chi connectivity index (χ1) is 12.7. The molecular weight excluding hydrogens is 356 g/mol. The van der Waals surface area contributed by atoms with E-state index in [1.807, 2.05) is 0 Å². The lowest BCUT2D eigenvalue weighted by Gasteiger charge is -2.26. The number of benzene rings is 1. The van der Waals surface area contributed by atoms with Crippen molar-refractivity contribution in [2.45, 2.75) is 0 Å². The molecule has 1 aromatic heterocycles. The Morgan fingerprint density at radius 1 is 1.19 bits per heavy atom. The van der Waals surface area contributed by atoms with Gasteiger partial charge in [0.15, 0.2) is 0 Å². The van der Waals surface area contributed by atoms with Crippen LogP contribution in [0.5, 0.6) is 5.88 Å². The molecule has 2 amide bonds. The van der Waals surface area contributed by atoms with Crippen LogP contribution in [-0.4, -0.2) is 55.4 Å². The van der Waals surface area contributed by atoms with Gasteiger partial charge in [0.2, 0.25) is 5.88 Å². The molecule has 0 aliphatic carbocycles. The number of halogens is 1. The van der Waals surface area contributed by atoms with Crippen LogP contribution in [0.2, 0.25) is 5.02 Å². The lowest BCUT2D eigenvalue weighted by molar-refractivity contribution is 0.0320. The number of ether oxygens (including phenoxy) is 2. The molecule has 0 unspecified atom stereocenters. The molecule has 1 aliphatic heterocycles. The van der Waals surface area contributed by atoms with Gasteiger partial charge in [-0.1, -0.05) is 17.7 Å². The predicted molar refractivity (Wildman–Crippen MR) is 101 cm³/mol. The average Bonchev–Trinajstić information content (AvgIpc) is 2.64. The van der Waals surface area contributed by atoms with Gasteiger partial charge in [-0.25, -0.2) is 9.78 Å². The summed E-state index contributed by atoms with van der Waals surface area (Å²) in [7, 11) is 0. The van der Waals surface area contributed by atoms with Crippen molar-refractivity contribution in [3.8, 4) is 5.88 Å². The summed E-state index contributed by atoms with van der Waals surface area (Å²) in [4.78, 5) is 18.5. The van der Waals surface area contributed by atoms with E-state index in [4.69, 9.17) is 21.1 Å². The highest BCUT2D eigenvalue weighted by Gasteiger charge is 2.10. The summed E-state index contributed by atoms with van der Waals surface area (Å²) in [6.07, 6.45) is 1.56. The lowest BCUT2D eigenvalue weighted by atomic mass is 10.3. The van der Waals surface area contributed by atoms with E-state index in [0.717, 1.165) is 32.8 Å². The van der Waals surface area contributed by atoms with Gasteiger partial charge in [-0.2, -0.15) is 0 Å². The Labute approximate surface area is 157 Å². The molecule has 138 valence electrons. The number of hydrogen-bond acceptors (Lipinski definition) is 5. The largest absolute Gasteiger partial charge is 0.476 e. The van der Waals surface area contributed by atoms with Crippen LogP contribution in [-0.2, 0) is 4.74 Å². The first-order valence-electron chi connectivity index (χ1n) is 8.41. The summed E-state index contributed by atoms with van der Waals surface area (Å²) in [5.41, 5.74) is 1.19. The highest BCUT2D eigenvalue weighted by Crippen LogP contribution is 2.16. The number of nitrogens with one attached hydrogen (secondary N) is 2. The van der Waals surface area contributed by atoms with Gasteiger partial charge in [-0.3, -0.25) is 4.90 Å². The number of pyridine rings is 1. The van der Waals surface area contributed by atoms with E-state index in [9.17, 15) is 4.79 Å². The van der Waals surface area contributed by atoms with Crippen LogP contribution < -0.4 is 15.4 Å². The van der Waals surface area contributed by atoms with Crippen LogP contribution in [0.3, 0.4) is 0 Å². The van der Waals surface area contributed by atoms with Gasteiger partial charge in [0.1, 0.15) is 6.61 Å². The fraction of sp³-hybridized carbons (Fsp3) is 0.333. The normalized spacial score (nSPS) is 14.7. The minimum absolute atomic E-state index is 0.366. The molecule has 7 nitrogen and oxygen atoms in total. The molecule has 26 heavy (non-hydrogen) atoms. The van der Waals surface area contributed by atoms with Crippen LogP contribution in [0.4, 0.5) is 16.2 Å². The molecule has 0 spiro atoms. The molecule has 0 radical (unpaired) electrons. The zero-order chi connectivity index (χ0) is 18.2. The monoisotopic (exact) mass is 376 g/mol. The zero-order valence-electron chi connectivity index (χ0n) is 14.3. The number of carbonyl (C=O) groups excluding carboxylic acids is 1. The highest BCUT2D eigenvalue weighted by molar-refractivity contribution is 6.30. The topological polar surface area (TPSA) is 75.7 Å². The van der Waals surface area contributed by atoms with Gasteiger partial charge in [-0.05, 0) is 24.3 Å². The predicted octanol–water partition coefficient (Wildman–Crippen LogP) is 3.09. The fourth-order valence-electron chi connectivity index (χ4n) is 2.50. The van der Waals surface area contributed by atoms with E-state index in [-0.39, 0.29) is 6.03 Å². The number of nitrogens with zero attached hydrogens (tertiary/aromatic N) is 2. The van der Waals surface area contributed by atoms with Gasteiger partial charge in [0, 0.05) is 36.4 Å². The first-order valence-corrected chi connectivity index (χ1v) is 8.79. The van der Waals surface area contributed by atoms with Crippen molar-refractivity contribution >= 4 is 29.0 Å². The van der Waals surface area contributed by atoms with E-state index < -0.39 is 0 Å². The first kappa shape index (κ1) is 18.4. The second-order valence-electron chi connectivity index (χ2n) is 5.78. The minimum atomic E-state index is -0.366. The Morgan fingerprint density at radius 2 is 2.00 bits per heavy atom. The molecule has 0 saturated carbocycles. The number of anilines is 2. The minimum Gasteiger partial charge on any atom is -0.476 e. The second kappa shape index (κ2) is 9.38. The van der Waals surface area contributed by atoms with Gasteiger partial charge in [0.05, 0.1) is 25.1 Å². The van der Waals surface area contributed by atoms with Crippen molar-refractivity contribution in [1.29, 1.82) is 0 Å². The molecule has 8 heteroatoms. The van der Waals surface area contributed by atoms with Gasteiger partial charge < -0.3 is 20.1 Å². The second-order valence-corrected chi connectivity index (χ2v) is 6.21. The quantitative estimate of drug-likeness (QED) is 0.810. The van der Waals surface area contributed by atoms with Gasteiger partial charge in [0.25, 0.3) is 0 Å². The van der Waals surface area contributed by atoms with E-state index in [0.29, 0.717) is 28.9 Å². The average molecular weight is 377 g/mol. The Bertz CT molecular complexity index is 721. The summed E-state index contributed by atoms with van der Waals surface area (Å²) in [5, 5.41) is 5.98. The molecule has 1 saturated heterocycles. The summed E-state index contributed by atoms with van der Waals surface area (Å²) in [5.74, 6) is 0.527. The van der Waals surface area contributed by atoms with E-state index in [1.165, 1.54) is 0 Å². The smallest absolute Gasteiger partial charge is 0.323 e. The maximum absolute atomic E-state index is 12.0. The van der Waals surface area contributed by atoms with Gasteiger partial charge in [-0.15, -0.1) is 0 Å². The summed E-state index contributed by atoms with van der Waals surface area (Å²) in [6, 6.07) is 10.0. The Morgan fingerprint density at radius 3 is 2.73 bits per heavy atom. The van der Waals surface area contributed by atoms with Crippen molar-refractivity contribution in [1.82, 2.24) is 9.88 Å². The van der Waals surface area contributed by atoms with Crippen LogP contribution >= 0.6 is 11.6 Å². The molecule has 2 aromatic rings. The van der Waals surface area contributed by atoms with Gasteiger partial charge >= 0.3 is 6.03 Å². The highest BCUT2D eigenvalue weighted by atomic mass is 35.5. The van der Waals surface area contributed by atoms with E-state index in [2.05, 4.69) is 20.5 Å². The van der Waals surface area contributed by atoms with Crippen molar-refractivity contribution in [3.63, 3.8) is 0 Å². The molecule has 0 atom stereocenters. The third kappa shape index (κ3) is 5.87. The number of amides is 2. The fourth-order valence-corrected chi connectivity index (χ4v) is 2.69. The SMILES string of the molecule is O=C(Nc1ccc(OCCN2CCOCC2)nc1)Nc1cccc(Cl)c1. The molecule has 1 fully saturated rings. The Balaban J connectivity index is 1.42. The molecule has 1 aliphatic rings. The van der Waals surface area contributed by atoms with E-state index >= 15 is 0 Å². The molecule has 0 bridgehead atoms. The molecular formula is C18H21ClN4O3. The number of morpholine rings is 1. The van der Waals surface area contributed by atoms with E-state index in [1.54, 1.807) is 42.6 Å². The standard InChI is InChI=1S/C18H21ClN4O3/c19-14-2-1-3-15(12-14)21-18(24)22-16-4-5-17(20-13-16)26-11-8-23-6-9-25-10-7-23/h1-5,12-13H,6-11H2,(H2,21,22,24). The van der Waals surface area contributed by atoms with Crippen LogP contribution in [0.1, 0.15) is 0 Å². The number of urea groups is 1. The number of hydrogen-bond donors (Lipinski definition) is 2. The summed E-state index contributed by atoms with van der Waals surface area (Å²) in [6.45, 7) is 4.82. The molecule has 1 aromatic carbocycles. The van der Waals surface area contributed by atoms with Crippen molar-refractivity contribution in [3.05, 3.63) is 47.6 Å². The summed E-state index contributed by atoms with van der Waals surface area (Å²) >= 11 is 5.89. The lowest BCUT2D eigenvalue weighted by Crippen LogP contribution is -2.38. The molecule has 2 N–H and O–H groups in total. The third-order valence-corrected chi connectivity index (χ3v) is 4.07. The number of aromatic nitrogens is 1. The number of rotatable bonds is 6. The third-order valence-electron chi connectivity index (χ3n) is 3.84. The van der Waals surface area contributed by atoms with Crippen LogP contribution in [0.25, 0.3) is 0 Å². The maximum atomic E-state index is 12.0. The van der Waals surface area contributed by atoms with Crippen molar-refractivity contribution in [2.24, 2.45) is 0 Å². The Kier molecular flexibility index (Phi) is 6.65. The molecule has 2 heterocycles. The van der Waals surface area contributed by atoms with Crippen LogP contribution in [0, 0.1) is 0 Å².